The summed E-state index contributed by atoms with van der Waals surface area (Å²) in [6.45, 7) is 55.8. The van der Waals surface area contributed by atoms with Gasteiger partial charge >= 0.3 is 17.4 Å². The molecule has 0 saturated carbocycles. The van der Waals surface area contributed by atoms with Crippen molar-refractivity contribution in [2.24, 2.45) is 50.2 Å². The van der Waals surface area contributed by atoms with E-state index in [0.29, 0.717) is 32.5 Å². The summed E-state index contributed by atoms with van der Waals surface area (Å²) in [5.74, 6) is 2.54. The molecule has 52 heavy (non-hydrogen) atoms. The summed E-state index contributed by atoms with van der Waals surface area (Å²) in [5, 5.41) is 0. The van der Waals surface area contributed by atoms with Crippen molar-refractivity contribution in [3.8, 4) is 0 Å². The molecule has 0 rings (SSSR count). The molecule has 0 spiro atoms. The molecule has 0 aliphatic heterocycles. The molecule has 0 aromatic carbocycles. The van der Waals surface area contributed by atoms with Crippen LogP contribution in [0, 0.1) is 71.0 Å². The Kier molecular flexibility index (Phi) is 33.9. The van der Waals surface area contributed by atoms with Crippen molar-refractivity contribution in [3.05, 3.63) is 20.8 Å². The van der Waals surface area contributed by atoms with E-state index < -0.39 is 0 Å². The molecule has 315 valence electrons. The van der Waals surface area contributed by atoms with Gasteiger partial charge in [0.2, 0.25) is 0 Å². The SMILES string of the molecule is [CH2-]C(CC)(CC)CC(CC)C(CC)(CC)CC.[CH2-]C(CC)(CC)CC(CC)C(CC)(CC)CC.[CH2-]C(CC)(CC)CC(CC)C(CC)(CC)CC.[Cr+3]. The third kappa shape index (κ3) is 17.4. The molecule has 3 atom stereocenters. The van der Waals surface area contributed by atoms with Gasteiger partial charge in [0.1, 0.15) is 0 Å². The van der Waals surface area contributed by atoms with E-state index in [2.05, 4.69) is 145 Å². The van der Waals surface area contributed by atoms with Gasteiger partial charge in [0.05, 0.1) is 0 Å². The first-order valence-corrected chi connectivity index (χ1v) is 23.5. The summed E-state index contributed by atoms with van der Waals surface area (Å²) in [6.07, 6.45) is 27.1. The maximum atomic E-state index is 4.51. The van der Waals surface area contributed by atoms with Crippen LogP contribution < -0.4 is 0 Å². The zero-order valence-corrected chi connectivity index (χ0v) is 41.4. The van der Waals surface area contributed by atoms with E-state index in [4.69, 9.17) is 0 Å². The fraction of sp³-hybridized carbons (Fsp3) is 0.941. The Balaban J connectivity index is -0.000000329. The monoisotopic (exact) mass is 770 g/mol. The van der Waals surface area contributed by atoms with Crippen LogP contribution in [0.15, 0.2) is 0 Å². The van der Waals surface area contributed by atoms with E-state index in [1.54, 1.807) is 0 Å². The molecule has 0 nitrogen and oxygen atoms in total. The standard InChI is InChI=1S/3C17H35.Cr/c3*1-8-15(14-16(7,9-2)10-3)17(11-4,12-5)13-6;/h3*15H,7-14H2,1-6H3;/q3*-1;+3. The molecule has 0 amide bonds. The van der Waals surface area contributed by atoms with Crippen molar-refractivity contribution < 1.29 is 17.4 Å². The minimum Gasteiger partial charge on any atom is -0.337 e. The maximum absolute atomic E-state index is 4.51. The van der Waals surface area contributed by atoms with Gasteiger partial charge in [-0.1, -0.05) is 259 Å². The van der Waals surface area contributed by atoms with Crippen molar-refractivity contribution in [3.63, 3.8) is 0 Å². The van der Waals surface area contributed by atoms with E-state index in [-0.39, 0.29) is 17.4 Å². The van der Waals surface area contributed by atoms with Crippen molar-refractivity contribution in [1.29, 1.82) is 0 Å². The molecule has 0 fully saturated rings. The van der Waals surface area contributed by atoms with Crippen molar-refractivity contribution in [2.45, 2.75) is 259 Å². The molecule has 1 radical (unpaired) electrons. The molecule has 0 aromatic rings. The van der Waals surface area contributed by atoms with E-state index in [1.165, 1.54) is 135 Å². The zero-order valence-electron chi connectivity index (χ0n) is 40.1. The Labute approximate surface area is 346 Å². The fourth-order valence-corrected chi connectivity index (χ4v) is 10.4. The molecule has 3 unspecified atom stereocenters. The Hall–Kier alpha value is 0.532. The predicted molar refractivity (Wildman–Crippen MR) is 240 cm³/mol. The third-order valence-electron chi connectivity index (χ3n) is 17.0. The Morgan fingerprint density at radius 3 is 0.481 bits per heavy atom. The average Bonchev–Trinajstić information content (AvgIpc) is 3.19. The van der Waals surface area contributed by atoms with E-state index in [0.717, 1.165) is 17.8 Å². The van der Waals surface area contributed by atoms with Crippen molar-refractivity contribution in [2.75, 3.05) is 0 Å². The molecule has 0 aromatic heterocycles. The molecule has 0 N–H and O–H groups in total. The van der Waals surface area contributed by atoms with Crippen molar-refractivity contribution in [1.82, 2.24) is 0 Å². The largest absolute Gasteiger partial charge is 3.00 e. The summed E-state index contributed by atoms with van der Waals surface area (Å²) in [4.78, 5) is 0. The van der Waals surface area contributed by atoms with Crippen molar-refractivity contribution >= 4 is 0 Å². The smallest absolute Gasteiger partial charge is 0.337 e. The number of rotatable bonds is 27. The predicted octanol–water partition coefficient (Wildman–Crippen LogP) is 18.8. The molecule has 0 saturated heterocycles. The van der Waals surface area contributed by atoms with E-state index in [9.17, 15) is 0 Å². The van der Waals surface area contributed by atoms with Crippen LogP contribution in [0.3, 0.4) is 0 Å². The number of hydrogen-bond donors (Lipinski definition) is 0. The van der Waals surface area contributed by atoms with Crippen LogP contribution in [0.25, 0.3) is 0 Å². The first-order chi connectivity index (χ1) is 23.9. The van der Waals surface area contributed by atoms with Crippen LogP contribution >= 0.6 is 0 Å². The van der Waals surface area contributed by atoms with Gasteiger partial charge in [-0.2, -0.15) is 16.2 Å². The molecule has 0 aliphatic rings. The molecule has 0 aliphatic carbocycles. The normalized spacial score (nSPS) is 14.7. The molecular weight excluding hydrogens is 665 g/mol. The minimum atomic E-state index is 0. The fourth-order valence-electron chi connectivity index (χ4n) is 10.4. The van der Waals surface area contributed by atoms with Gasteiger partial charge in [0.15, 0.2) is 0 Å². The number of hydrogen-bond acceptors (Lipinski definition) is 0. The Morgan fingerprint density at radius 1 is 0.269 bits per heavy atom. The van der Waals surface area contributed by atoms with Crippen LogP contribution in [0.1, 0.15) is 259 Å². The summed E-state index contributed by atoms with van der Waals surface area (Å²) in [5.41, 5.74) is 2.61. The molecule has 0 bridgehead atoms. The third-order valence-corrected chi connectivity index (χ3v) is 17.0. The van der Waals surface area contributed by atoms with Crippen LogP contribution in [-0.2, 0) is 17.4 Å². The molecule has 0 heterocycles. The topological polar surface area (TPSA) is 0 Å². The molecular formula is C51H105Cr. The van der Waals surface area contributed by atoms with E-state index in [1.807, 2.05) is 0 Å². The second kappa shape index (κ2) is 29.7. The summed E-state index contributed by atoms with van der Waals surface area (Å²) in [6, 6.07) is 0. The zero-order chi connectivity index (χ0) is 40.6. The first kappa shape index (κ1) is 59.2. The Bertz CT molecular complexity index is 640. The minimum absolute atomic E-state index is 0. The quantitative estimate of drug-likeness (QED) is 0.0730. The van der Waals surface area contributed by atoms with Gasteiger partial charge in [-0.05, 0) is 34.0 Å². The summed E-state index contributed by atoms with van der Waals surface area (Å²) in [7, 11) is 0. The molecule has 1 heteroatoms. The van der Waals surface area contributed by atoms with Crippen LogP contribution in [0.2, 0.25) is 0 Å². The van der Waals surface area contributed by atoms with Crippen LogP contribution in [0.5, 0.6) is 0 Å². The summed E-state index contributed by atoms with van der Waals surface area (Å²) < 4.78 is 0. The average molecular weight is 770 g/mol. The van der Waals surface area contributed by atoms with Gasteiger partial charge in [0.25, 0.3) is 0 Å². The second-order valence-corrected chi connectivity index (χ2v) is 17.8. The van der Waals surface area contributed by atoms with Gasteiger partial charge in [-0.25, -0.2) is 0 Å². The second-order valence-electron chi connectivity index (χ2n) is 17.8. The van der Waals surface area contributed by atoms with Gasteiger partial charge in [-0.3, -0.25) is 0 Å². The first-order valence-electron chi connectivity index (χ1n) is 23.5. The summed E-state index contributed by atoms with van der Waals surface area (Å²) >= 11 is 0. The van der Waals surface area contributed by atoms with Crippen LogP contribution in [0.4, 0.5) is 0 Å². The Morgan fingerprint density at radius 2 is 0.404 bits per heavy atom. The van der Waals surface area contributed by atoms with Crippen LogP contribution in [-0.4, -0.2) is 0 Å². The maximum Gasteiger partial charge on any atom is 3.00 e. The van der Waals surface area contributed by atoms with E-state index >= 15 is 0 Å². The van der Waals surface area contributed by atoms with Gasteiger partial charge in [0, 0.05) is 0 Å². The van der Waals surface area contributed by atoms with Gasteiger partial charge in [-0.15, -0.1) is 0 Å². The van der Waals surface area contributed by atoms with Gasteiger partial charge < -0.3 is 20.8 Å².